The standard InChI is InChI=1S/C22H23F3N8O2/c1-12-4-5-15(33-9-6-13(26)7-10-33)20(30-12)32-21(34)18-19(27)29-11-14(31-18)17-16(3-2-8-28-17)35-22(23,24)25/h2-5,8,11,13H,6-7,9-10,26H2,1H3,(H2,27,29)(H,30,32,34). The Morgan fingerprint density at radius 1 is 1.17 bits per heavy atom. The Morgan fingerprint density at radius 2 is 1.91 bits per heavy atom. The molecule has 0 spiro atoms. The minimum absolute atomic E-state index is 0.119. The summed E-state index contributed by atoms with van der Waals surface area (Å²) in [6.45, 7) is 3.19. The number of alkyl halides is 3. The third kappa shape index (κ3) is 5.74. The van der Waals surface area contributed by atoms with Crippen molar-refractivity contribution in [3.8, 4) is 17.1 Å². The van der Waals surface area contributed by atoms with Gasteiger partial charge in [-0.05, 0) is 44.0 Å². The highest BCUT2D eigenvalue weighted by molar-refractivity contribution is 6.06. The van der Waals surface area contributed by atoms with Crippen molar-refractivity contribution in [1.82, 2.24) is 19.9 Å². The number of carbonyl (C=O) groups excluding carboxylic acids is 1. The van der Waals surface area contributed by atoms with Crippen LogP contribution in [0.3, 0.4) is 0 Å². The number of aromatic nitrogens is 4. The summed E-state index contributed by atoms with van der Waals surface area (Å²) in [5.41, 5.74) is 12.6. The highest BCUT2D eigenvalue weighted by Crippen LogP contribution is 2.32. The Labute approximate surface area is 198 Å². The molecule has 0 unspecified atom stereocenters. The van der Waals surface area contributed by atoms with Gasteiger partial charge in [-0.25, -0.2) is 15.0 Å². The predicted octanol–water partition coefficient (Wildman–Crippen LogP) is 2.90. The molecular formula is C22H23F3N8O2. The van der Waals surface area contributed by atoms with Crippen LogP contribution in [0.2, 0.25) is 0 Å². The zero-order chi connectivity index (χ0) is 25.2. The van der Waals surface area contributed by atoms with Crippen molar-refractivity contribution in [1.29, 1.82) is 0 Å². The van der Waals surface area contributed by atoms with E-state index in [0.717, 1.165) is 25.1 Å². The summed E-state index contributed by atoms with van der Waals surface area (Å²) in [5.74, 6) is -1.22. The molecule has 1 saturated heterocycles. The number of halogens is 3. The van der Waals surface area contributed by atoms with E-state index < -0.39 is 18.0 Å². The van der Waals surface area contributed by atoms with Gasteiger partial charge < -0.3 is 26.4 Å². The summed E-state index contributed by atoms with van der Waals surface area (Å²) in [7, 11) is 0. The van der Waals surface area contributed by atoms with Crippen LogP contribution in [0.5, 0.6) is 5.75 Å². The fraction of sp³-hybridized carbons (Fsp3) is 0.318. The van der Waals surface area contributed by atoms with Gasteiger partial charge in [0.25, 0.3) is 5.91 Å². The van der Waals surface area contributed by atoms with Crippen LogP contribution in [-0.4, -0.2) is 51.3 Å². The first kappa shape index (κ1) is 24.1. The number of ether oxygens (including phenoxy) is 1. The number of aryl methyl sites for hydroxylation is 1. The fourth-order valence-electron chi connectivity index (χ4n) is 3.67. The maximum Gasteiger partial charge on any atom is 0.573 e. The van der Waals surface area contributed by atoms with Crippen LogP contribution in [0.25, 0.3) is 11.4 Å². The van der Waals surface area contributed by atoms with Gasteiger partial charge in [0.15, 0.2) is 23.1 Å². The van der Waals surface area contributed by atoms with Gasteiger partial charge in [-0.15, -0.1) is 13.2 Å². The van der Waals surface area contributed by atoms with Crippen molar-refractivity contribution >= 4 is 23.2 Å². The molecule has 5 N–H and O–H groups in total. The molecule has 4 heterocycles. The summed E-state index contributed by atoms with van der Waals surface area (Å²) in [4.78, 5) is 31.6. The van der Waals surface area contributed by atoms with Crippen molar-refractivity contribution in [3.63, 3.8) is 0 Å². The summed E-state index contributed by atoms with van der Waals surface area (Å²) in [5, 5.41) is 2.71. The normalized spacial score (nSPS) is 14.6. The first-order valence-corrected chi connectivity index (χ1v) is 10.7. The minimum Gasteiger partial charge on any atom is -0.403 e. The number of hydrogen-bond donors (Lipinski definition) is 3. The second kappa shape index (κ2) is 9.70. The second-order valence-corrected chi connectivity index (χ2v) is 7.99. The molecule has 0 atom stereocenters. The van der Waals surface area contributed by atoms with Crippen LogP contribution in [0.1, 0.15) is 29.0 Å². The van der Waals surface area contributed by atoms with Crippen LogP contribution < -0.4 is 26.4 Å². The highest BCUT2D eigenvalue weighted by atomic mass is 19.4. The molecule has 0 saturated carbocycles. The Kier molecular flexibility index (Phi) is 6.69. The summed E-state index contributed by atoms with van der Waals surface area (Å²) in [6.07, 6.45) is -0.956. The number of carbonyl (C=O) groups is 1. The molecule has 0 bridgehead atoms. The molecule has 1 fully saturated rings. The number of nitrogen functional groups attached to an aromatic ring is 1. The molecule has 1 amide bonds. The predicted molar refractivity (Wildman–Crippen MR) is 123 cm³/mol. The molecule has 10 nitrogen and oxygen atoms in total. The van der Waals surface area contributed by atoms with Crippen LogP contribution in [-0.2, 0) is 0 Å². The van der Waals surface area contributed by atoms with Gasteiger partial charge in [0.1, 0.15) is 11.4 Å². The first-order chi connectivity index (χ1) is 16.6. The lowest BCUT2D eigenvalue weighted by atomic mass is 10.1. The van der Waals surface area contributed by atoms with Crippen LogP contribution in [0.15, 0.2) is 36.7 Å². The largest absolute Gasteiger partial charge is 0.573 e. The van der Waals surface area contributed by atoms with Gasteiger partial charge in [0.05, 0.1) is 11.9 Å². The summed E-state index contributed by atoms with van der Waals surface area (Å²) < 4.78 is 42.5. The van der Waals surface area contributed by atoms with Crippen molar-refractivity contribution in [2.75, 3.05) is 29.0 Å². The number of hydrogen-bond acceptors (Lipinski definition) is 9. The Hall–Kier alpha value is -4.00. The van der Waals surface area contributed by atoms with Gasteiger partial charge in [-0.2, -0.15) is 0 Å². The molecule has 184 valence electrons. The first-order valence-electron chi connectivity index (χ1n) is 10.7. The number of amides is 1. The number of rotatable bonds is 5. The van der Waals surface area contributed by atoms with Crippen LogP contribution in [0, 0.1) is 6.92 Å². The van der Waals surface area contributed by atoms with E-state index in [1.54, 1.807) is 6.92 Å². The van der Waals surface area contributed by atoms with Gasteiger partial charge in [-0.3, -0.25) is 9.78 Å². The summed E-state index contributed by atoms with van der Waals surface area (Å²) >= 11 is 0. The van der Waals surface area contributed by atoms with Gasteiger partial charge in [0, 0.05) is 31.0 Å². The van der Waals surface area contributed by atoms with Crippen molar-refractivity contribution in [3.05, 3.63) is 48.0 Å². The van der Waals surface area contributed by atoms with Crippen molar-refractivity contribution < 1.29 is 22.7 Å². The topological polar surface area (TPSA) is 145 Å². The molecule has 0 aliphatic carbocycles. The average molecular weight is 488 g/mol. The van der Waals surface area contributed by atoms with Gasteiger partial charge in [-0.1, -0.05) is 0 Å². The number of nitrogens with two attached hydrogens (primary N) is 2. The molecule has 35 heavy (non-hydrogen) atoms. The SMILES string of the molecule is Cc1ccc(N2CCC(N)CC2)c(NC(=O)c2nc(-c3ncccc3OC(F)(F)F)cnc2N)n1. The third-order valence-electron chi connectivity index (χ3n) is 5.38. The number of nitrogens with zero attached hydrogens (tertiary/aromatic N) is 5. The molecule has 1 aliphatic heterocycles. The third-order valence-corrected chi connectivity index (χ3v) is 5.38. The highest BCUT2D eigenvalue weighted by Gasteiger charge is 2.33. The minimum atomic E-state index is -4.94. The quantitative estimate of drug-likeness (QED) is 0.493. The lowest BCUT2D eigenvalue weighted by molar-refractivity contribution is -0.274. The second-order valence-electron chi connectivity index (χ2n) is 7.99. The zero-order valence-corrected chi connectivity index (χ0v) is 18.7. The molecule has 0 aromatic carbocycles. The molecule has 1 aliphatic rings. The van der Waals surface area contributed by atoms with Gasteiger partial charge in [0.2, 0.25) is 0 Å². The lowest BCUT2D eigenvalue weighted by Gasteiger charge is -2.33. The Morgan fingerprint density at radius 3 is 2.63 bits per heavy atom. The van der Waals surface area contributed by atoms with Crippen LogP contribution in [0.4, 0.5) is 30.5 Å². The molecule has 4 rings (SSSR count). The van der Waals surface area contributed by atoms with E-state index in [2.05, 4.69) is 34.9 Å². The molecule has 3 aromatic rings. The van der Waals surface area contributed by atoms with Crippen molar-refractivity contribution in [2.24, 2.45) is 5.73 Å². The molecule has 3 aromatic heterocycles. The van der Waals surface area contributed by atoms with E-state index in [4.69, 9.17) is 11.5 Å². The van der Waals surface area contributed by atoms with E-state index in [1.165, 1.54) is 12.3 Å². The number of anilines is 3. The number of piperidine rings is 1. The van der Waals surface area contributed by atoms with E-state index in [0.29, 0.717) is 30.3 Å². The van der Waals surface area contributed by atoms with Gasteiger partial charge >= 0.3 is 6.36 Å². The average Bonchev–Trinajstić information content (AvgIpc) is 2.80. The number of nitrogens with one attached hydrogen (secondary N) is 1. The lowest BCUT2D eigenvalue weighted by Crippen LogP contribution is -2.40. The molecule has 13 heteroatoms. The van der Waals surface area contributed by atoms with Crippen LogP contribution >= 0.6 is 0 Å². The van der Waals surface area contributed by atoms with E-state index in [1.807, 2.05) is 12.1 Å². The molecular weight excluding hydrogens is 465 g/mol. The maximum absolute atomic E-state index is 13.1. The van der Waals surface area contributed by atoms with Crippen molar-refractivity contribution in [2.45, 2.75) is 32.2 Å². The Bertz CT molecular complexity index is 1230. The smallest absolute Gasteiger partial charge is 0.403 e. The summed E-state index contributed by atoms with van der Waals surface area (Å²) in [6, 6.07) is 6.17. The molecule has 0 radical (unpaired) electrons. The monoisotopic (exact) mass is 488 g/mol. The fourth-order valence-corrected chi connectivity index (χ4v) is 3.67. The van der Waals surface area contributed by atoms with E-state index >= 15 is 0 Å². The van der Waals surface area contributed by atoms with E-state index in [-0.39, 0.29) is 28.9 Å². The Balaban J connectivity index is 1.64. The van der Waals surface area contributed by atoms with E-state index in [9.17, 15) is 18.0 Å². The zero-order valence-electron chi connectivity index (χ0n) is 18.7. The number of pyridine rings is 2. The maximum atomic E-state index is 13.1.